The van der Waals surface area contributed by atoms with E-state index >= 15 is 0 Å². The van der Waals surface area contributed by atoms with Crippen LogP contribution in [0.5, 0.6) is 0 Å². The molecule has 0 bridgehead atoms. The van der Waals surface area contributed by atoms with Gasteiger partial charge in [-0.1, -0.05) is 0 Å². The number of alkyl halides is 2. The van der Waals surface area contributed by atoms with Gasteiger partial charge in [0.1, 0.15) is 0 Å². The minimum absolute atomic E-state index is 0. The van der Waals surface area contributed by atoms with Crippen LogP contribution >= 0.6 is 0 Å². The van der Waals surface area contributed by atoms with Crippen molar-refractivity contribution in [3.05, 3.63) is 6.42 Å². The predicted molar refractivity (Wildman–Crippen MR) is 36.0 cm³/mol. The van der Waals surface area contributed by atoms with Gasteiger partial charge in [0.05, 0.1) is 6.54 Å². The summed E-state index contributed by atoms with van der Waals surface area (Å²) in [6, 6.07) is 0. The van der Waals surface area contributed by atoms with E-state index in [4.69, 9.17) is 0 Å². The van der Waals surface area contributed by atoms with Crippen molar-refractivity contribution in [2.75, 3.05) is 19.6 Å². The fourth-order valence-electron chi connectivity index (χ4n) is 1.18. The van der Waals surface area contributed by atoms with Crippen LogP contribution in [0.2, 0.25) is 0 Å². The second kappa shape index (κ2) is 6.92. The molecule has 1 heterocycles. The van der Waals surface area contributed by atoms with Crippen LogP contribution in [0.1, 0.15) is 12.8 Å². The Morgan fingerprint density at radius 1 is 1.27 bits per heavy atom. The van der Waals surface area contributed by atoms with Gasteiger partial charge in [-0.2, -0.15) is 12.8 Å². The summed E-state index contributed by atoms with van der Waals surface area (Å²) in [7, 11) is 0. The molecule has 1 rings (SSSR count). The number of likely N-dealkylation sites (tertiary alicyclic amines) is 1. The maximum atomic E-state index is 11.8. The molecule has 1 fully saturated rings. The summed E-state index contributed by atoms with van der Waals surface area (Å²) < 4.78 is 23.5. The summed E-state index contributed by atoms with van der Waals surface area (Å²) in [4.78, 5) is 1.81. The maximum absolute atomic E-state index is 11.8. The van der Waals surface area contributed by atoms with Crippen molar-refractivity contribution in [2.45, 2.75) is 19.3 Å². The summed E-state index contributed by atoms with van der Waals surface area (Å²) in [5.74, 6) is 0. The van der Waals surface area contributed by atoms with E-state index in [0.29, 0.717) is 0 Å². The zero-order valence-corrected chi connectivity index (χ0v) is 10.0. The van der Waals surface area contributed by atoms with E-state index < -0.39 is 6.43 Å². The molecule has 0 unspecified atom stereocenters. The number of hydrogen-bond donors (Lipinski definition) is 0. The molecule has 0 saturated carbocycles. The molecular weight excluding hydrogens is 175 g/mol. The fourth-order valence-corrected chi connectivity index (χ4v) is 1.18. The van der Waals surface area contributed by atoms with Crippen molar-refractivity contribution in [3.8, 4) is 0 Å². The summed E-state index contributed by atoms with van der Waals surface area (Å²) in [5, 5.41) is 0. The molecule has 0 radical (unpaired) electrons. The Labute approximate surface area is 109 Å². The van der Waals surface area contributed by atoms with Gasteiger partial charge in [-0.05, 0) is 13.1 Å². The first-order chi connectivity index (χ1) is 4.79. The van der Waals surface area contributed by atoms with E-state index in [-0.39, 0.29) is 57.9 Å². The smallest absolute Gasteiger partial charge is 0.326 e. The molecule has 0 atom stereocenters. The van der Waals surface area contributed by atoms with Crippen molar-refractivity contribution in [1.29, 1.82) is 0 Å². The van der Waals surface area contributed by atoms with Crippen molar-refractivity contribution in [3.63, 3.8) is 0 Å². The first kappa shape index (κ1) is 12.5. The predicted octanol–water partition coefficient (Wildman–Crippen LogP) is -1.44. The van der Waals surface area contributed by atoms with E-state index in [9.17, 15) is 8.78 Å². The quantitative estimate of drug-likeness (QED) is 0.378. The number of halogens is 2. The third-order valence-electron chi connectivity index (χ3n) is 1.70. The SMILES string of the molecule is FC(F)CN1CC[CH-]CC1.[K+]. The molecule has 4 heteroatoms. The molecule has 11 heavy (non-hydrogen) atoms. The van der Waals surface area contributed by atoms with E-state index in [0.717, 1.165) is 25.9 Å². The Morgan fingerprint density at radius 3 is 2.27 bits per heavy atom. The Bertz CT molecular complexity index is 94.4. The number of rotatable bonds is 2. The number of nitrogens with zero attached hydrogens (tertiary/aromatic N) is 1. The zero-order valence-electron chi connectivity index (χ0n) is 6.89. The number of hydrogen-bond acceptors (Lipinski definition) is 1. The van der Waals surface area contributed by atoms with Gasteiger partial charge in [0.15, 0.2) is 0 Å². The molecule has 1 aliphatic rings. The van der Waals surface area contributed by atoms with Crippen molar-refractivity contribution in [2.24, 2.45) is 0 Å². The molecule has 60 valence electrons. The molecule has 1 aliphatic heterocycles. The topological polar surface area (TPSA) is 3.24 Å². The van der Waals surface area contributed by atoms with Crippen LogP contribution in [-0.2, 0) is 0 Å². The van der Waals surface area contributed by atoms with Crippen molar-refractivity contribution >= 4 is 0 Å². The third kappa shape index (κ3) is 5.66. The van der Waals surface area contributed by atoms with Crippen molar-refractivity contribution < 1.29 is 60.2 Å². The minimum atomic E-state index is -2.17. The van der Waals surface area contributed by atoms with Crippen LogP contribution in [-0.4, -0.2) is 31.0 Å². The van der Waals surface area contributed by atoms with Gasteiger partial charge in [-0.15, -0.1) is 0 Å². The normalized spacial score (nSPS) is 19.9. The van der Waals surface area contributed by atoms with Gasteiger partial charge in [0, 0.05) is 0 Å². The van der Waals surface area contributed by atoms with Crippen LogP contribution in [0.15, 0.2) is 0 Å². The molecular formula is C7H12F2KN. The van der Waals surface area contributed by atoms with Gasteiger partial charge in [0.25, 0.3) is 6.43 Å². The van der Waals surface area contributed by atoms with Gasteiger partial charge in [0.2, 0.25) is 0 Å². The molecule has 0 aromatic carbocycles. The van der Waals surface area contributed by atoms with E-state index in [2.05, 4.69) is 6.42 Å². The molecule has 0 amide bonds. The minimum Gasteiger partial charge on any atom is -0.326 e. The van der Waals surface area contributed by atoms with E-state index in [1.54, 1.807) is 0 Å². The second-order valence-corrected chi connectivity index (χ2v) is 2.56. The molecule has 0 spiro atoms. The summed E-state index contributed by atoms with van der Waals surface area (Å²) in [5.41, 5.74) is 0. The van der Waals surface area contributed by atoms with Crippen molar-refractivity contribution in [1.82, 2.24) is 4.90 Å². The van der Waals surface area contributed by atoms with E-state index in [1.165, 1.54) is 0 Å². The summed E-state index contributed by atoms with van der Waals surface area (Å²) in [6.45, 7) is 1.57. The maximum Gasteiger partial charge on any atom is 1.00 e. The molecule has 0 aromatic rings. The molecule has 1 saturated heterocycles. The van der Waals surface area contributed by atoms with Gasteiger partial charge in [-0.3, -0.25) is 0 Å². The van der Waals surface area contributed by atoms with Crippen LogP contribution < -0.4 is 51.4 Å². The van der Waals surface area contributed by atoms with Crippen LogP contribution in [0, 0.1) is 6.42 Å². The second-order valence-electron chi connectivity index (χ2n) is 2.56. The molecule has 0 aliphatic carbocycles. The summed E-state index contributed by atoms with van der Waals surface area (Å²) in [6.07, 6.45) is 1.92. The monoisotopic (exact) mass is 187 g/mol. The zero-order chi connectivity index (χ0) is 7.40. The van der Waals surface area contributed by atoms with Gasteiger partial charge in [-0.25, -0.2) is 8.78 Å². The largest absolute Gasteiger partial charge is 1.00 e. The molecule has 1 nitrogen and oxygen atoms in total. The fraction of sp³-hybridized carbons (Fsp3) is 0.857. The Morgan fingerprint density at radius 2 is 1.82 bits per heavy atom. The Balaban J connectivity index is 0.000001000. The summed E-state index contributed by atoms with van der Waals surface area (Å²) >= 11 is 0. The molecule has 0 N–H and O–H groups in total. The standard InChI is InChI=1S/C7H12F2N.K/c8-7(9)6-10-4-2-1-3-5-10;/h1,7H,2-6H2;/q-1;+1. The third-order valence-corrected chi connectivity index (χ3v) is 1.70. The first-order valence-electron chi connectivity index (χ1n) is 3.61. The first-order valence-corrected chi connectivity index (χ1v) is 3.61. The Hall–Kier alpha value is 1.46. The van der Waals surface area contributed by atoms with Crippen LogP contribution in [0.4, 0.5) is 8.78 Å². The van der Waals surface area contributed by atoms with Gasteiger partial charge < -0.3 is 11.3 Å². The average molecular weight is 187 g/mol. The van der Waals surface area contributed by atoms with Crippen LogP contribution in [0.3, 0.4) is 0 Å². The van der Waals surface area contributed by atoms with Gasteiger partial charge >= 0.3 is 51.4 Å². The number of piperidine rings is 1. The Kier molecular flexibility index (Phi) is 7.83. The van der Waals surface area contributed by atoms with E-state index in [1.807, 2.05) is 4.90 Å². The van der Waals surface area contributed by atoms with Crippen LogP contribution in [0.25, 0.3) is 0 Å². The molecule has 0 aromatic heterocycles. The average Bonchev–Trinajstić information content (AvgIpc) is 1.88.